The van der Waals surface area contributed by atoms with Crippen molar-refractivity contribution in [3.63, 3.8) is 0 Å². The molecule has 1 aliphatic rings. The van der Waals surface area contributed by atoms with Crippen LogP contribution in [0.25, 0.3) is 5.82 Å². The molecule has 0 N–H and O–H groups in total. The van der Waals surface area contributed by atoms with Gasteiger partial charge >= 0.3 is 12.1 Å². The largest absolute Gasteiger partial charge is 0.452 e. The van der Waals surface area contributed by atoms with Crippen molar-refractivity contribution in [1.29, 1.82) is 0 Å². The van der Waals surface area contributed by atoms with Gasteiger partial charge in [0.25, 0.3) is 5.91 Å². The number of rotatable bonds is 7. The number of esters is 1. The first-order valence-electron chi connectivity index (χ1n) is 9.64. The standard InChI is InChI=1S/C20H24F3N3O4/c1-11-7-16(14(4)26(11)17-8-12(2)30-24-17)19(28)29-9-18(27)25(10-20(21,22)23)13(3)15-5-6-15/h7-8,13,15H,5-6,9-10H2,1-4H3/t13-/m0/s1. The lowest BCUT2D eigenvalue weighted by Crippen LogP contribution is -2.47. The van der Waals surface area contributed by atoms with Crippen LogP contribution in [-0.4, -0.2) is 51.9 Å². The lowest BCUT2D eigenvalue weighted by Gasteiger charge is -2.30. The van der Waals surface area contributed by atoms with Gasteiger partial charge in [0, 0.05) is 23.5 Å². The Hall–Kier alpha value is -2.78. The van der Waals surface area contributed by atoms with E-state index >= 15 is 0 Å². The first kappa shape index (κ1) is 21.9. The third-order valence-electron chi connectivity index (χ3n) is 5.29. The van der Waals surface area contributed by atoms with Crippen LogP contribution in [0.3, 0.4) is 0 Å². The lowest BCUT2D eigenvalue weighted by atomic mass is 10.2. The monoisotopic (exact) mass is 427 g/mol. The molecular weight excluding hydrogens is 403 g/mol. The van der Waals surface area contributed by atoms with E-state index in [2.05, 4.69) is 5.16 Å². The Bertz CT molecular complexity index is 944. The van der Waals surface area contributed by atoms with E-state index in [0.717, 1.165) is 17.7 Å². The SMILES string of the molecule is Cc1cc(-n2c(C)cc(C(=O)OCC(=O)N(CC(F)(F)F)[C@@H](C)C3CC3)c2C)no1. The second-order valence-electron chi connectivity index (χ2n) is 7.71. The third-order valence-corrected chi connectivity index (χ3v) is 5.29. The molecule has 1 saturated carbocycles. The summed E-state index contributed by atoms with van der Waals surface area (Å²) >= 11 is 0. The number of nitrogens with zero attached hydrogens (tertiary/aromatic N) is 3. The number of ether oxygens (including phenoxy) is 1. The van der Waals surface area contributed by atoms with E-state index in [-0.39, 0.29) is 11.5 Å². The predicted molar refractivity (Wildman–Crippen MR) is 100 cm³/mol. The highest BCUT2D eigenvalue weighted by Crippen LogP contribution is 2.36. The van der Waals surface area contributed by atoms with Gasteiger partial charge in [-0.25, -0.2) is 4.79 Å². The van der Waals surface area contributed by atoms with Crippen molar-refractivity contribution >= 4 is 11.9 Å². The van der Waals surface area contributed by atoms with Gasteiger partial charge in [0.05, 0.1) is 5.56 Å². The Kier molecular flexibility index (Phi) is 5.96. The van der Waals surface area contributed by atoms with E-state index in [1.807, 2.05) is 0 Å². The number of carbonyl (C=O) groups excluding carboxylic acids is 2. The lowest BCUT2D eigenvalue weighted by molar-refractivity contribution is -0.167. The quantitative estimate of drug-likeness (QED) is 0.629. The third kappa shape index (κ3) is 4.85. The molecular formula is C20H24F3N3O4. The molecule has 0 unspecified atom stereocenters. The van der Waals surface area contributed by atoms with Crippen molar-refractivity contribution in [2.75, 3.05) is 13.2 Å². The van der Waals surface area contributed by atoms with Gasteiger partial charge < -0.3 is 14.2 Å². The molecule has 0 saturated heterocycles. The summed E-state index contributed by atoms with van der Waals surface area (Å²) in [5.41, 5.74) is 1.43. The summed E-state index contributed by atoms with van der Waals surface area (Å²) in [4.78, 5) is 25.7. The van der Waals surface area contributed by atoms with Gasteiger partial charge in [0.2, 0.25) is 0 Å². The zero-order valence-electron chi connectivity index (χ0n) is 17.2. The Morgan fingerprint density at radius 1 is 1.30 bits per heavy atom. The summed E-state index contributed by atoms with van der Waals surface area (Å²) in [5.74, 6) is -0.499. The summed E-state index contributed by atoms with van der Waals surface area (Å²) < 4.78 is 50.6. The zero-order valence-corrected chi connectivity index (χ0v) is 17.2. The highest BCUT2D eigenvalue weighted by atomic mass is 19.4. The van der Waals surface area contributed by atoms with E-state index in [1.165, 1.54) is 0 Å². The maximum atomic E-state index is 12.9. The Morgan fingerprint density at radius 2 is 1.97 bits per heavy atom. The summed E-state index contributed by atoms with van der Waals surface area (Å²) in [6.07, 6.45) is -2.95. The van der Waals surface area contributed by atoms with Crippen LogP contribution < -0.4 is 0 Å². The van der Waals surface area contributed by atoms with E-state index in [1.54, 1.807) is 44.4 Å². The number of amides is 1. The summed E-state index contributed by atoms with van der Waals surface area (Å²) in [5, 5.41) is 3.92. The Balaban J connectivity index is 1.70. The molecule has 1 aliphatic carbocycles. The van der Waals surface area contributed by atoms with Gasteiger partial charge in [-0.1, -0.05) is 5.16 Å². The van der Waals surface area contributed by atoms with Crippen LogP contribution in [0.2, 0.25) is 0 Å². The average Bonchev–Trinajstić information content (AvgIpc) is 3.35. The molecule has 164 valence electrons. The average molecular weight is 427 g/mol. The van der Waals surface area contributed by atoms with Crippen LogP contribution >= 0.6 is 0 Å². The van der Waals surface area contributed by atoms with Crippen LogP contribution in [0.1, 0.15) is 47.3 Å². The molecule has 0 aliphatic heterocycles. The molecule has 10 heteroatoms. The molecule has 0 spiro atoms. The van der Waals surface area contributed by atoms with Gasteiger partial charge in [0.1, 0.15) is 12.3 Å². The van der Waals surface area contributed by atoms with Crippen molar-refractivity contribution in [2.45, 2.75) is 52.8 Å². The molecule has 1 fully saturated rings. The second-order valence-corrected chi connectivity index (χ2v) is 7.71. The van der Waals surface area contributed by atoms with Gasteiger partial charge in [-0.05, 0) is 52.5 Å². The summed E-state index contributed by atoms with van der Waals surface area (Å²) in [6, 6.07) is 2.72. The molecule has 30 heavy (non-hydrogen) atoms. The number of aromatic nitrogens is 2. The normalized spacial score (nSPS) is 15.2. The smallest absolute Gasteiger partial charge is 0.406 e. The van der Waals surface area contributed by atoms with Crippen LogP contribution in [-0.2, 0) is 9.53 Å². The molecule has 3 rings (SSSR count). The van der Waals surface area contributed by atoms with Crippen LogP contribution in [0.4, 0.5) is 13.2 Å². The fourth-order valence-corrected chi connectivity index (χ4v) is 3.55. The molecule has 2 aromatic heterocycles. The van der Waals surface area contributed by atoms with Crippen LogP contribution in [0.15, 0.2) is 16.7 Å². The predicted octanol–water partition coefficient (Wildman–Crippen LogP) is 3.74. The van der Waals surface area contributed by atoms with Crippen molar-refractivity contribution in [1.82, 2.24) is 14.6 Å². The first-order valence-corrected chi connectivity index (χ1v) is 9.64. The van der Waals surface area contributed by atoms with Crippen LogP contribution in [0.5, 0.6) is 0 Å². The van der Waals surface area contributed by atoms with Gasteiger partial charge in [0.15, 0.2) is 12.4 Å². The number of hydrogen-bond donors (Lipinski definition) is 0. The number of hydrogen-bond acceptors (Lipinski definition) is 5. The molecule has 1 atom stereocenters. The summed E-state index contributed by atoms with van der Waals surface area (Å²) in [7, 11) is 0. The highest BCUT2D eigenvalue weighted by molar-refractivity contribution is 5.93. The van der Waals surface area contributed by atoms with Crippen molar-refractivity contribution in [2.24, 2.45) is 5.92 Å². The Morgan fingerprint density at radius 3 is 2.50 bits per heavy atom. The molecule has 0 bridgehead atoms. The minimum absolute atomic E-state index is 0.0526. The van der Waals surface area contributed by atoms with E-state index < -0.39 is 37.2 Å². The fourth-order valence-electron chi connectivity index (χ4n) is 3.55. The zero-order chi connectivity index (χ0) is 22.2. The highest BCUT2D eigenvalue weighted by Gasteiger charge is 2.40. The van der Waals surface area contributed by atoms with Crippen molar-refractivity contribution < 1.29 is 32.0 Å². The van der Waals surface area contributed by atoms with Gasteiger partial charge in [-0.3, -0.25) is 9.36 Å². The molecule has 1 amide bonds. The molecule has 7 nitrogen and oxygen atoms in total. The van der Waals surface area contributed by atoms with Crippen molar-refractivity contribution in [3.8, 4) is 5.82 Å². The van der Waals surface area contributed by atoms with E-state index in [9.17, 15) is 22.8 Å². The van der Waals surface area contributed by atoms with E-state index in [0.29, 0.717) is 23.0 Å². The summed E-state index contributed by atoms with van der Waals surface area (Å²) in [6.45, 7) is 4.67. The van der Waals surface area contributed by atoms with Crippen molar-refractivity contribution in [3.05, 3.63) is 34.8 Å². The number of aryl methyl sites for hydroxylation is 2. The van der Waals surface area contributed by atoms with E-state index in [4.69, 9.17) is 9.26 Å². The minimum Gasteiger partial charge on any atom is -0.452 e. The number of halogens is 3. The maximum absolute atomic E-state index is 12.9. The van der Waals surface area contributed by atoms with Gasteiger partial charge in [-0.2, -0.15) is 13.2 Å². The number of alkyl halides is 3. The Labute approximate surface area is 171 Å². The molecule has 2 aromatic rings. The van der Waals surface area contributed by atoms with Crippen LogP contribution in [0, 0.1) is 26.7 Å². The number of carbonyl (C=O) groups is 2. The maximum Gasteiger partial charge on any atom is 0.406 e. The molecule has 0 radical (unpaired) electrons. The molecule has 0 aromatic carbocycles. The fraction of sp³-hybridized carbons (Fsp3) is 0.550. The topological polar surface area (TPSA) is 77.6 Å². The minimum atomic E-state index is -4.52. The van der Waals surface area contributed by atoms with Gasteiger partial charge in [-0.15, -0.1) is 0 Å². The first-order chi connectivity index (χ1) is 14.0. The second kappa shape index (κ2) is 8.16. The molecule has 2 heterocycles.